The molecule has 11 heteroatoms. The molecule has 0 spiro atoms. The summed E-state index contributed by atoms with van der Waals surface area (Å²) in [5.74, 6) is 1.48. The number of halogens is 2. The van der Waals surface area contributed by atoms with Crippen molar-refractivity contribution in [3.63, 3.8) is 0 Å². The number of alkyl halides is 2. The zero-order valence-electron chi connectivity index (χ0n) is 19.5. The number of hydrogen-bond acceptors (Lipinski definition) is 8. The Morgan fingerprint density at radius 1 is 1.17 bits per heavy atom. The standard InChI is InChI=1S/C25H24F2N6O3/c1-28-23-16-10-29-21(32-24(34)13-2-3-13)9-15(16)17(11-30-23)25-31-18-8-14(4-5-19(18)36-25)33-6-7-35-20(12-33)22(26)27/h4-5,8-11,13,20,22H,2-3,6-7,12H2,1H3,(H,28,30)(H,29,32,34). The predicted octanol–water partition coefficient (Wildman–Crippen LogP) is 4.30. The summed E-state index contributed by atoms with van der Waals surface area (Å²) >= 11 is 0. The van der Waals surface area contributed by atoms with Gasteiger partial charge in [0.1, 0.15) is 23.3 Å². The number of benzene rings is 1. The Morgan fingerprint density at radius 3 is 2.81 bits per heavy atom. The quantitative estimate of drug-likeness (QED) is 0.409. The van der Waals surface area contributed by atoms with Crippen molar-refractivity contribution in [2.75, 3.05) is 42.3 Å². The van der Waals surface area contributed by atoms with E-state index in [1.54, 1.807) is 31.6 Å². The molecule has 6 rings (SSSR count). The van der Waals surface area contributed by atoms with Crippen LogP contribution in [0.2, 0.25) is 0 Å². The molecule has 186 valence electrons. The third kappa shape index (κ3) is 4.19. The number of oxazole rings is 1. The molecule has 2 N–H and O–H groups in total. The number of morpholine rings is 1. The number of ether oxygens (including phenoxy) is 1. The first-order valence-electron chi connectivity index (χ1n) is 11.8. The Balaban J connectivity index is 1.37. The van der Waals surface area contributed by atoms with Crippen molar-refractivity contribution < 1.29 is 22.7 Å². The van der Waals surface area contributed by atoms with Gasteiger partial charge in [0.25, 0.3) is 6.43 Å². The van der Waals surface area contributed by atoms with Crippen LogP contribution in [0.15, 0.2) is 41.1 Å². The Kier molecular flexibility index (Phi) is 5.63. The lowest BCUT2D eigenvalue weighted by Crippen LogP contribution is -2.45. The summed E-state index contributed by atoms with van der Waals surface area (Å²) in [6.45, 7) is 0.859. The van der Waals surface area contributed by atoms with Gasteiger partial charge in [0.15, 0.2) is 5.58 Å². The second kappa shape index (κ2) is 8.98. The molecule has 0 radical (unpaired) electrons. The molecule has 1 saturated carbocycles. The van der Waals surface area contributed by atoms with Crippen LogP contribution in [0.25, 0.3) is 33.3 Å². The number of amides is 1. The number of nitrogens with zero attached hydrogens (tertiary/aromatic N) is 4. The molecule has 1 amide bonds. The summed E-state index contributed by atoms with van der Waals surface area (Å²) in [5, 5.41) is 7.47. The van der Waals surface area contributed by atoms with Crippen LogP contribution in [-0.4, -0.2) is 60.1 Å². The first kappa shape index (κ1) is 22.6. The van der Waals surface area contributed by atoms with E-state index in [1.165, 1.54) is 0 Å². The van der Waals surface area contributed by atoms with Gasteiger partial charge in [-0.25, -0.2) is 23.7 Å². The van der Waals surface area contributed by atoms with Gasteiger partial charge in [0, 0.05) is 54.9 Å². The van der Waals surface area contributed by atoms with E-state index in [4.69, 9.17) is 9.15 Å². The SMILES string of the molecule is CNc1ncc(-c2nc3cc(N4CCOC(C(F)F)C4)ccc3o2)c2cc(NC(=O)C3CC3)ncc12. The van der Waals surface area contributed by atoms with E-state index in [9.17, 15) is 13.6 Å². The fraction of sp³-hybridized carbons (Fsp3) is 0.360. The molecule has 4 aromatic rings. The first-order chi connectivity index (χ1) is 17.5. The van der Waals surface area contributed by atoms with Gasteiger partial charge < -0.3 is 24.7 Å². The van der Waals surface area contributed by atoms with Crippen molar-refractivity contribution >= 4 is 45.1 Å². The van der Waals surface area contributed by atoms with Crippen LogP contribution in [0, 0.1) is 5.92 Å². The van der Waals surface area contributed by atoms with Gasteiger partial charge in [0.2, 0.25) is 11.8 Å². The first-order valence-corrected chi connectivity index (χ1v) is 11.8. The Labute approximate surface area is 204 Å². The fourth-order valence-corrected chi connectivity index (χ4v) is 4.44. The highest BCUT2D eigenvalue weighted by Crippen LogP contribution is 2.35. The minimum absolute atomic E-state index is 0.0297. The van der Waals surface area contributed by atoms with Gasteiger partial charge >= 0.3 is 0 Å². The number of nitrogens with one attached hydrogen (secondary N) is 2. The molecule has 4 heterocycles. The number of fused-ring (bicyclic) bond motifs is 2. The Bertz CT molecular complexity index is 1450. The highest BCUT2D eigenvalue weighted by Gasteiger charge is 2.30. The Morgan fingerprint density at radius 2 is 2.03 bits per heavy atom. The molecule has 1 aromatic carbocycles. The lowest BCUT2D eigenvalue weighted by atomic mass is 10.1. The van der Waals surface area contributed by atoms with Crippen molar-refractivity contribution in [2.24, 2.45) is 5.92 Å². The fourth-order valence-electron chi connectivity index (χ4n) is 4.44. The topological polar surface area (TPSA) is 105 Å². The summed E-state index contributed by atoms with van der Waals surface area (Å²) in [6.07, 6.45) is 1.48. The monoisotopic (exact) mass is 494 g/mol. The van der Waals surface area contributed by atoms with Gasteiger partial charge in [-0.05, 0) is 37.1 Å². The Hall–Kier alpha value is -3.86. The van der Waals surface area contributed by atoms with Gasteiger partial charge in [-0.2, -0.15) is 0 Å². The summed E-state index contributed by atoms with van der Waals surface area (Å²) in [7, 11) is 1.77. The second-order valence-corrected chi connectivity index (χ2v) is 9.01. The van der Waals surface area contributed by atoms with Crippen molar-refractivity contribution in [3.05, 3.63) is 36.7 Å². The zero-order valence-corrected chi connectivity index (χ0v) is 19.5. The summed E-state index contributed by atoms with van der Waals surface area (Å²) < 4.78 is 37.6. The van der Waals surface area contributed by atoms with Gasteiger partial charge in [0.05, 0.1) is 12.2 Å². The van der Waals surface area contributed by atoms with E-state index >= 15 is 0 Å². The number of anilines is 3. The molecule has 1 aliphatic heterocycles. The number of pyridine rings is 2. The maximum absolute atomic E-state index is 13.2. The lowest BCUT2D eigenvalue weighted by molar-refractivity contribution is -0.117. The third-order valence-electron chi connectivity index (χ3n) is 6.55. The van der Waals surface area contributed by atoms with E-state index in [0.717, 1.165) is 29.3 Å². The molecule has 2 aliphatic rings. The molecule has 1 unspecified atom stereocenters. The smallest absolute Gasteiger partial charge is 0.266 e. The maximum Gasteiger partial charge on any atom is 0.266 e. The van der Waals surface area contributed by atoms with Crippen molar-refractivity contribution in [1.29, 1.82) is 0 Å². The van der Waals surface area contributed by atoms with Crippen LogP contribution in [0.4, 0.5) is 26.1 Å². The normalized spacial score (nSPS) is 18.2. The predicted molar refractivity (Wildman–Crippen MR) is 131 cm³/mol. The van der Waals surface area contributed by atoms with Gasteiger partial charge in [-0.1, -0.05) is 0 Å². The zero-order chi connectivity index (χ0) is 24.8. The van der Waals surface area contributed by atoms with Crippen LogP contribution in [0.5, 0.6) is 0 Å². The van der Waals surface area contributed by atoms with Crippen LogP contribution in [0.1, 0.15) is 12.8 Å². The third-order valence-corrected chi connectivity index (χ3v) is 6.55. The van der Waals surface area contributed by atoms with E-state index < -0.39 is 12.5 Å². The van der Waals surface area contributed by atoms with E-state index in [-0.39, 0.29) is 25.0 Å². The van der Waals surface area contributed by atoms with E-state index in [1.807, 2.05) is 17.0 Å². The molecular formula is C25H24F2N6O3. The highest BCUT2D eigenvalue weighted by atomic mass is 19.3. The van der Waals surface area contributed by atoms with Crippen LogP contribution in [-0.2, 0) is 9.53 Å². The van der Waals surface area contributed by atoms with E-state index in [2.05, 4.69) is 25.6 Å². The highest BCUT2D eigenvalue weighted by molar-refractivity contribution is 6.03. The molecule has 9 nitrogen and oxygen atoms in total. The van der Waals surface area contributed by atoms with Crippen LogP contribution >= 0.6 is 0 Å². The number of hydrogen-bond donors (Lipinski definition) is 2. The summed E-state index contributed by atoms with van der Waals surface area (Å²) in [6, 6.07) is 7.25. The minimum atomic E-state index is -2.54. The van der Waals surface area contributed by atoms with Gasteiger partial charge in [-0.3, -0.25) is 4.79 Å². The lowest BCUT2D eigenvalue weighted by Gasteiger charge is -2.34. The molecule has 1 aliphatic carbocycles. The van der Waals surface area contributed by atoms with E-state index in [0.29, 0.717) is 40.7 Å². The maximum atomic E-state index is 13.2. The van der Waals surface area contributed by atoms with Gasteiger partial charge in [-0.15, -0.1) is 0 Å². The largest absolute Gasteiger partial charge is 0.436 e. The molecule has 1 atom stereocenters. The van der Waals surface area contributed by atoms with Crippen molar-refractivity contribution in [2.45, 2.75) is 25.4 Å². The summed E-state index contributed by atoms with van der Waals surface area (Å²) in [4.78, 5) is 27.7. The average Bonchev–Trinajstić information content (AvgIpc) is 3.67. The second-order valence-electron chi connectivity index (χ2n) is 9.01. The molecule has 1 saturated heterocycles. The number of carbonyl (C=O) groups is 1. The molecule has 0 bridgehead atoms. The van der Waals surface area contributed by atoms with Crippen molar-refractivity contribution in [3.8, 4) is 11.5 Å². The molecule has 3 aromatic heterocycles. The number of rotatable bonds is 6. The molecular weight excluding hydrogens is 470 g/mol. The number of carbonyl (C=O) groups excluding carboxylic acids is 1. The number of aromatic nitrogens is 3. The van der Waals surface area contributed by atoms with Crippen molar-refractivity contribution in [1.82, 2.24) is 15.0 Å². The molecule has 2 fully saturated rings. The van der Waals surface area contributed by atoms with Crippen LogP contribution < -0.4 is 15.5 Å². The summed E-state index contributed by atoms with van der Waals surface area (Å²) in [5.41, 5.74) is 2.59. The molecule has 36 heavy (non-hydrogen) atoms. The minimum Gasteiger partial charge on any atom is -0.436 e. The van der Waals surface area contributed by atoms with Crippen LogP contribution in [0.3, 0.4) is 0 Å². The average molecular weight is 495 g/mol.